The van der Waals surface area contributed by atoms with Gasteiger partial charge in [0.2, 0.25) is 0 Å². The molecule has 1 aliphatic rings. The smallest absolute Gasteiger partial charge is 0.306 e. The quantitative estimate of drug-likeness (QED) is 0.877. The molecule has 4 heteroatoms. The van der Waals surface area contributed by atoms with Gasteiger partial charge in [0, 0.05) is 12.0 Å². The van der Waals surface area contributed by atoms with Gasteiger partial charge in [0.25, 0.3) is 0 Å². The summed E-state index contributed by atoms with van der Waals surface area (Å²) in [7, 11) is 0. The first-order chi connectivity index (χ1) is 8.80. The fourth-order valence-electron chi connectivity index (χ4n) is 2.46. The second-order valence-corrected chi connectivity index (χ2v) is 5.86. The lowest BCUT2D eigenvalue weighted by molar-refractivity contribution is -0.142. The van der Waals surface area contributed by atoms with Crippen molar-refractivity contribution in [2.45, 2.75) is 45.3 Å². The van der Waals surface area contributed by atoms with Gasteiger partial charge in [0.05, 0.1) is 12.0 Å². The van der Waals surface area contributed by atoms with Gasteiger partial charge in [-0.3, -0.25) is 4.79 Å². The van der Waals surface area contributed by atoms with Crippen molar-refractivity contribution in [3.05, 3.63) is 29.3 Å². The van der Waals surface area contributed by atoms with E-state index in [0.717, 1.165) is 17.7 Å². The van der Waals surface area contributed by atoms with Crippen molar-refractivity contribution >= 4 is 5.97 Å². The molecule has 1 aromatic rings. The lowest BCUT2D eigenvalue weighted by Gasteiger charge is -2.20. The zero-order valence-corrected chi connectivity index (χ0v) is 11.5. The second-order valence-electron chi connectivity index (χ2n) is 5.86. The van der Waals surface area contributed by atoms with E-state index in [1.165, 1.54) is 0 Å². The van der Waals surface area contributed by atoms with Crippen LogP contribution in [0.3, 0.4) is 0 Å². The first kappa shape index (κ1) is 13.9. The maximum atomic E-state index is 10.9. The highest BCUT2D eigenvalue weighted by molar-refractivity contribution is 5.69. The molecule has 104 valence electrons. The number of rotatable bonds is 4. The summed E-state index contributed by atoms with van der Waals surface area (Å²) in [6, 6.07) is 5.67. The first-order valence-corrected chi connectivity index (χ1v) is 6.52. The number of hydrogen-bond donors (Lipinski definition) is 2. The van der Waals surface area contributed by atoms with Crippen molar-refractivity contribution in [2.75, 3.05) is 0 Å². The van der Waals surface area contributed by atoms with Crippen LogP contribution >= 0.6 is 0 Å². The monoisotopic (exact) mass is 264 g/mol. The number of benzene rings is 1. The molecule has 0 amide bonds. The molecule has 0 fully saturated rings. The number of fused-ring (bicyclic) bond motifs is 1. The molecule has 0 aromatic heterocycles. The minimum absolute atomic E-state index is 0.190. The maximum absolute atomic E-state index is 10.9. The number of aliphatic hydroxyl groups is 1. The van der Waals surface area contributed by atoms with Crippen LogP contribution < -0.4 is 4.74 Å². The molecule has 2 N–H and O–H groups in total. The van der Waals surface area contributed by atoms with E-state index < -0.39 is 18.0 Å². The number of carboxylic acids is 1. The summed E-state index contributed by atoms with van der Waals surface area (Å²) in [6.45, 7) is 5.60. The van der Waals surface area contributed by atoms with Gasteiger partial charge in [-0.1, -0.05) is 25.1 Å². The van der Waals surface area contributed by atoms with Crippen LogP contribution in [0, 0.1) is 5.92 Å². The van der Waals surface area contributed by atoms with Crippen LogP contribution in [0.25, 0.3) is 0 Å². The molecule has 2 rings (SSSR count). The molecule has 0 bridgehead atoms. The van der Waals surface area contributed by atoms with Gasteiger partial charge in [-0.15, -0.1) is 0 Å². The molecule has 1 heterocycles. The predicted octanol–water partition coefficient (Wildman–Crippen LogP) is 2.54. The summed E-state index contributed by atoms with van der Waals surface area (Å²) in [5, 5.41) is 19.1. The van der Waals surface area contributed by atoms with E-state index in [2.05, 4.69) is 0 Å². The summed E-state index contributed by atoms with van der Waals surface area (Å²) in [4.78, 5) is 10.9. The lowest BCUT2D eigenvalue weighted by Crippen LogP contribution is -2.25. The molecule has 19 heavy (non-hydrogen) atoms. The molecule has 2 atom stereocenters. The molecule has 0 radical (unpaired) electrons. The topological polar surface area (TPSA) is 66.8 Å². The van der Waals surface area contributed by atoms with E-state index in [9.17, 15) is 9.90 Å². The third-order valence-electron chi connectivity index (χ3n) is 3.48. The molecule has 0 aliphatic carbocycles. The maximum Gasteiger partial charge on any atom is 0.306 e. The van der Waals surface area contributed by atoms with Crippen molar-refractivity contribution < 1.29 is 19.7 Å². The average molecular weight is 264 g/mol. The minimum Gasteiger partial charge on any atom is -0.487 e. The first-order valence-electron chi connectivity index (χ1n) is 6.52. The predicted molar refractivity (Wildman–Crippen MR) is 71.2 cm³/mol. The minimum atomic E-state index is -0.895. The summed E-state index contributed by atoms with van der Waals surface area (Å²) in [5.74, 6) is -0.759. The number of carboxylic acid groups (broad SMARTS) is 1. The van der Waals surface area contributed by atoms with Crippen LogP contribution in [-0.4, -0.2) is 21.8 Å². The van der Waals surface area contributed by atoms with Crippen LogP contribution in [0.4, 0.5) is 0 Å². The van der Waals surface area contributed by atoms with E-state index in [1.807, 2.05) is 26.0 Å². The number of ether oxygens (including phenoxy) is 1. The van der Waals surface area contributed by atoms with Crippen molar-refractivity contribution in [3.63, 3.8) is 0 Å². The van der Waals surface area contributed by atoms with E-state index in [1.54, 1.807) is 13.0 Å². The van der Waals surface area contributed by atoms with Crippen molar-refractivity contribution in [3.8, 4) is 5.75 Å². The molecule has 4 nitrogen and oxygen atoms in total. The lowest BCUT2D eigenvalue weighted by atomic mass is 9.95. The van der Waals surface area contributed by atoms with E-state index >= 15 is 0 Å². The average Bonchev–Trinajstić information content (AvgIpc) is 2.61. The highest BCUT2D eigenvalue weighted by Gasteiger charge is 2.33. The zero-order chi connectivity index (χ0) is 14.2. The second kappa shape index (κ2) is 4.85. The van der Waals surface area contributed by atoms with Crippen molar-refractivity contribution in [1.82, 2.24) is 0 Å². The van der Waals surface area contributed by atoms with E-state index in [-0.39, 0.29) is 12.0 Å². The Morgan fingerprint density at radius 2 is 2.16 bits per heavy atom. The fraction of sp³-hybridized carbons (Fsp3) is 0.533. The molecule has 0 saturated carbocycles. The van der Waals surface area contributed by atoms with Gasteiger partial charge in [0.1, 0.15) is 11.4 Å². The Morgan fingerprint density at radius 3 is 2.79 bits per heavy atom. The fourth-order valence-corrected chi connectivity index (χ4v) is 2.46. The summed E-state index contributed by atoms with van der Waals surface area (Å²) >= 11 is 0. The van der Waals surface area contributed by atoms with Crippen LogP contribution in [0.1, 0.15) is 44.4 Å². The Morgan fingerprint density at radius 1 is 1.47 bits per heavy atom. The summed E-state index contributed by atoms with van der Waals surface area (Å²) in [6.07, 6.45) is 0.183. The van der Waals surface area contributed by atoms with Crippen LogP contribution in [0.2, 0.25) is 0 Å². The van der Waals surface area contributed by atoms with Crippen LogP contribution in [0.5, 0.6) is 5.75 Å². The van der Waals surface area contributed by atoms with Gasteiger partial charge >= 0.3 is 5.97 Å². The summed E-state index contributed by atoms with van der Waals surface area (Å²) in [5.41, 5.74) is 1.50. The standard InChI is InChI=1S/C15H20O4/c1-9(14(17)18)7-12(16)11-6-4-5-10-8-15(2,3)19-13(10)11/h4-6,9,12,16H,7-8H2,1-3H3,(H,17,18). The van der Waals surface area contributed by atoms with Gasteiger partial charge < -0.3 is 14.9 Å². The van der Waals surface area contributed by atoms with Crippen LogP contribution in [0.15, 0.2) is 18.2 Å². The number of aliphatic carboxylic acids is 1. The van der Waals surface area contributed by atoms with Gasteiger partial charge in [-0.05, 0) is 25.8 Å². The Hall–Kier alpha value is -1.55. The number of para-hydroxylation sites is 1. The SMILES string of the molecule is CC(CC(O)c1cccc2c1OC(C)(C)C2)C(=O)O. The Bertz CT molecular complexity index is 493. The molecular formula is C15H20O4. The van der Waals surface area contributed by atoms with Gasteiger partial charge in [-0.25, -0.2) is 0 Å². The third kappa shape index (κ3) is 2.89. The highest BCUT2D eigenvalue weighted by Crippen LogP contribution is 2.41. The molecule has 1 aromatic carbocycles. The number of carbonyl (C=O) groups is 1. The Kier molecular flexibility index (Phi) is 3.54. The molecule has 2 unspecified atom stereocenters. The van der Waals surface area contributed by atoms with Crippen LogP contribution in [-0.2, 0) is 11.2 Å². The molecule has 0 spiro atoms. The van der Waals surface area contributed by atoms with E-state index in [0.29, 0.717) is 5.56 Å². The zero-order valence-electron chi connectivity index (χ0n) is 11.5. The molecule has 0 saturated heterocycles. The summed E-state index contributed by atoms with van der Waals surface area (Å²) < 4.78 is 5.88. The van der Waals surface area contributed by atoms with E-state index in [4.69, 9.17) is 9.84 Å². The molecular weight excluding hydrogens is 244 g/mol. The highest BCUT2D eigenvalue weighted by atomic mass is 16.5. The Balaban J connectivity index is 2.23. The van der Waals surface area contributed by atoms with Gasteiger partial charge in [0.15, 0.2) is 0 Å². The number of aliphatic hydroxyl groups excluding tert-OH is 1. The number of hydrogen-bond acceptors (Lipinski definition) is 3. The third-order valence-corrected chi connectivity index (χ3v) is 3.48. The largest absolute Gasteiger partial charge is 0.487 e. The van der Waals surface area contributed by atoms with Gasteiger partial charge in [-0.2, -0.15) is 0 Å². The Labute approximate surface area is 113 Å². The normalized spacial score (nSPS) is 19.4. The van der Waals surface area contributed by atoms with Crippen molar-refractivity contribution in [1.29, 1.82) is 0 Å². The molecule has 1 aliphatic heterocycles. The van der Waals surface area contributed by atoms with Crippen molar-refractivity contribution in [2.24, 2.45) is 5.92 Å².